The van der Waals surface area contributed by atoms with Crippen molar-refractivity contribution < 1.29 is 4.79 Å². The number of anilines is 2. The maximum atomic E-state index is 11.9. The molecule has 0 saturated heterocycles. The monoisotopic (exact) mass is 342 g/mol. The molecule has 8 heteroatoms. The van der Waals surface area contributed by atoms with E-state index < -0.39 is 0 Å². The van der Waals surface area contributed by atoms with Gasteiger partial charge in [-0.05, 0) is 31.5 Å². The van der Waals surface area contributed by atoms with Gasteiger partial charge in [0.2, 0.25) is 11.0 Å². The van der Waals surface area contributed by atoms with Crippen LogP contribution in [0.1, 0.15) is 12.5 Å². The van der Waals surface area contributed by atoms with Gasteiger partial charge in [-0.2, -0.15) is 0 Å². The van der Waals surface area contributed by atoms with Gasteiger partial charge in [0.25, 0.3) is 0 Å². The molecular formula is C13H15ClN4OS2. The highest BCUT2D eigenvalue weighted by atomic mass is 35.5. The summed E-state index contributed by atoms with van der Waals surface area (Å²) in [5.41, 5.74) is 1.71. The van der Waals surface area contributed by atoms with Gasteiger partial charge in [-0.1, -0.05) is 40.8 Å². The topological polar surface area (TPSA) is 66.9 Å². The fourth-order valence-electron chi connectivity index (χ4n) is 1.53. The van der Waals surface area contributed by atoms with Crippen LogP contribution in [0.4, 0.5) is 10.8 Å². The molecule has 0 spiro atoms. The molecule has 0 aliphatic rings. The summed E-state index contributed by atoms with van der Waals surface area (Å²) in [5.74, 6) is 0.192. The SMILES string of the molecule is CCNc1nnc(SCC(=O)Nc2cc(Cl)ccc2C)s1. The molecular weight excluding hydrogens is 328 g/mol. The van der Waals surface area contributed by atoms with Crippen LogP contribution in [0, 0.1) is 6.92 Å². The molecule has 112 valence electrons. The Hall–Kier alpha value is -1.31. The van der Waals surface area contributed by atoms with Crippen molar-refractivity contribution in [2.45, 2.75) is 18.2 Å². The molecule has 1 amide bonds. The molecule has 0 atom stereocenters. The van der Waals surface area contributed by atoms with Gasteiger partial charge in [-0.25, -0.2) is 0 Å². The molecule has 0 bridgehead atoms. The van der Waals surface area contributed by atoms with E-state index >= 15 is 0 Å². The second-order valence-corrected chi connectivity index (χ2v) is 6.84. The van der Waals surface area contributed by atoms with Crippen LogP contribution in [0.3, 0.4) is 0 Å². The number of rotatable bonds is 6. The number of nitrogens with one attached hydrogen (secondary N) is 2. The van der Waals surface area contributed by atoms with E-state index in [0.717, 1.165) is 27.3 Å². The fraction of sp³-hybridized carbons (Fsp3) is 0.308. The Kier molecular flexibility index (Phi) is 5.84. The van der Waals surface area contributed by atoms with E-state index in [2.05, 4.69) is 20.8 Å². The summed E-state index contributed by atoms with van der Waals surface area (Å²) in [7, 11) is 0. The highest BCUT2D eigenvalue weighted by Gasteiger charge is 2.09. The first kappa shape index (κ1) is 16.1. The molecule has 0 saturated carbocycles. The van der Waals surface area contributed by atoms with E-state index in [1.54, 1.807) is 12.1 Å². The van der Waals surface area contributed by atoms with Gasteiger partial charge >= 0.3 is 0 Å². The van der Waals surface area contributed by atoms with Crippen molar-refractivity contribution in [2.75, 3.05) is 22.9 Å². The Morgan fingerprint density at radius 1 is 1.43 bits per heavy atom. The number of carbonyl (C=O) groups is 1. The lowest BCUT2D eigenvalue weighted by Crippen LogP contribution is -2.14. The highest BCUT2D eigenvalue weighted by Crippen LogP contribution is 2.26. The van der Waals surface area contributed by atoms with Crippen LogP contribution >= 0.6 is 34.7 Å². The van der Waals surface area contributed by atoms with Gasteiger partial charge in [0, 0.05) is 17.3 Å². The first-order valence-electron chi connectivity index (χ1n) is 6.34. The predicted molar refractivity (Wildman–Crippen MR) is 89.6 cm³/mol. The number of benzene rings is 1. The molecule has 0 unspecified atom stereocenters. The maximum Gasteiger partial charge on any atom is 0.234 e. The molecule has 0 aliphatic heterocycles. The molecule has 5 nitrogen and oxygen atoms in total. The molecule has 2 aromatic rings. The van der Waals surface area contributed by atoms with Crippen molar-refractivity contribution in [1.29, 1.82) is 0 Å². The normalized spacial score (nSPS) is 10.4. The Bertz CT molecular complexity index is 632. The van der Waals surface area contributed by atoms with E-state index in [-0.39, 0.29) is 11.7 Å². The average molecular weight is 343 g/mol. The molecule has 1 aromatic heterocycles. The lowest BCUT2D eigenvalue weighted by atomic mass is 10.2. The van der Waals surface area contributed by atoms with E-state index in [0.29, 0.717) is 5.02 Å². The van der Waals surface area contributed by atoms with E-state index in [9.17, 15) is 4.79 Å². The van der Waals surface area contributed by atoms with E-state index in [4.69, 9.17) is 11.6 Å². The van der Waals surface area contributed by atoms with Crippen LogP contribution in [0.15, 0.2) is 22.5 Å². The van der Waals surface area contributed by atoms with Gasteiger partial charge in [0.1, 0.15) is 0 Å². The summed E-state index contributed by atoms with van der Waals surface area (Å²) in [5, 5.41) is 15.3. The first-order chi connectivity index (χ1) is 10.1. The quantitative estimate of drug-likeness (QED) is 0.784. The molecule has 21 heavy (non-hydrogen) atoms. The summed E-state index contributed by atoms with van der Waals surface area (Å²) in [4.78, 5) is 11.9. The van der Waals surface area contributed by atoms with Crippen LogP contribution in [-0.2, 0) is 4.79 Å². The number of halogens is 1. The van der Waals surface area contributed by atoms with Gasteiger partial charge < -0.3 is 10.6 Å². The molecule has 0 radical (unpaired) electrons. The van der Waals surface area contributed by atoms with E-state index in [1.807, 2.05) is 19.9 Å². The van der Waals surface area contributed by atoms with Crippen molar-refractivity contribution in [2.24, 2.45) is 0 Å². The summed E-state index contributed by atoms with van der Waals surface area (Å²) in [6, 6.07) is 5.41. The van der Waals surface area contributed by atoms with Gasteiger partial charge in [-0.15, -0.1) is 10.2 Å². The molecule has 2 rings (SSSR count). The van der Waals surface area contributed by atoms with Crippen LogP contribution in [0.25, 0.3) is 0 Å². The zero-order valence-corrected chi connectivity index (χ0v) is 14.0. The Labute approximate surface area is 136 Å². The van der Waals surface area contributed by atoms with Crippen molar-refractivity contribution in [1.82, 2.24) is 10.2 Å². The minimum Gasteiger partial charge on any atom is -0.360 e. The van der Waals surface area contributed by atoms with Crippen LogP contribution in [0.2, 0.25) is 5.02 Å². The molecule has 1 aromatic carbocycles. The van der Waals surface area contributed by atoms with Crippen molar-refractivity contribution in [3.63, 3.8) is 0 Å². The summed E-state index contributed by atoms with van der Waals surface area (Å²) in [6.07, 6.45) is 0. The van der Waals surface area contributed by atoms with Crippen molar-refractivity contribution >= 4 is 51.4 Å². The van der Waals surface area contributed by atoms with E-state index in [1.165, 1.54) is 23.1 Å². The average Bonchev–Trinajstić information content (AvgIpc) is 2.89. The van der Waals surface area contributed by atoms with Crippen LogP contribution in [0.5, 0.6) is 0 Å². The third kappa shape index (κ3) is 4.87. The fourth-order valence-corrected chi connectivity index (χ4v) is 3.33. The molecule has 0 aliphatic carbocycles. The summed E-state index contributed by atoms with van der Waals surface area (Å²) in [6.45, 7) is 4.72. The number of aromatic nitrogens is 2. The largest absolute Gasteiger partial charge is 0.360 e. The Morgan fingerprint density at radius 3 is 3.00 bits per heavy atom. The minimum atomic E-state index is -0.0921. The number of thioether (sulfide) groups is 1. The van der Waals surface area contributed by atoms with Gasteiger partial charge in [-0.3, -0.25) is 4.79 Å². The third-order valence-electron chi connectivity index (χ3n) is 2.53. The number of amides is 1. The lowest BCUT2D eigenvalue weighted by Gasteiger charge is -2.07. The second kappa shape index (κ2) is 7.63. The molecule has 0 fully saturated rings. The van der Waals surface area contributed by atoms with Gasteiger partial charge in [0.15, 0.2) is 4.34 Å². The highest BCUT2D eigenvalue weighted by molar-refractivity contribution is 8.01. The van der Waals surface area contributed by atoms with Crippen LogP contribution in [-0.4, -0.2) is 28.4 Å². The zero-order chi connectivity index (χ0) is 15.2. The lowest BCUT2D eigenvalue weighted by molar-refractivity contribution is -0.113. The third-order valence-corrected chi connectivity index (χ3v) is 4.78. The minimum absolute atomic E-state index is 0.0921. The smallest absolute Gasteiger partial charge is 0.234 e. The molecule has 2 N–H and O–H groups in total. The molecule has 1 heterocycles. The number of hydrogen-bond donors (Lipinski definition) is 2. The first-order valence-corrected chi connectivity index (χ1v) is 8.52. The number of hydrogen-bond acceptors (Lipinski definition) is 6. The Balaban J connectivity index is 1.88. The van der Waals surface area contributed by atoms with Crippen molar-refractivity contribution in [3.8, 4) is 0 Å². The van der Waals surface area contributed by atoms with Crippen molar-refractivity contribution in [3.05, 3.63) is 28.8 Å². The predicted octanol–water partition coefficient (Wildman–Crippen LogP) is 3.66. The summed E-state index contributed by atoms with van der Waals surface area (Å²) < 4.78 is 0.768. The standard InChI is InChI=1S/C13H15ClN4OS2/c1-3-15-12-17-18-13(21-12)20-7-11(19)16-10-6-9(14)5-4-8(10)2/h4-6H,3,7H2,1-2H3,(H,15,17)(H,16,19). The number of aryl methyl sites for hydroxylation is 1. The van der Waals surface area contributed by atoms with Crippen LogP contribution < -0.4 is 10.6 Å². The maximum absolute atomic E-state index is 11.9. The number of nitrogens with zero attached hydrogens (tertiary/aromatic N) is 2. The number of carbonyl (C=O) groups excluding carboxylic acids is 1. The van der Waals surface area contributed by atoms with Gasteiger partial charge in [0.05, 0.1) is 5.75 Å². The summed E-state index contributed by atoms with van der Waals surface area (Å²) >= 11 is 8.73. The second-order valence-electron chi connectivity index (χ2n) is 4.20. The Morgan fingerprint density at radius 2 is 2.24 bits per heavy atom. The zero-order valence-electron chi connectivity index (χ0n) is 11.6.